The van der Waals surface area contributed by atoms with Crippen molar-refractivity contribution in [1.29, 1.82) is 0 Å². The Morgan fingerprint density at radius 3 is 2.55 bits per heavy atom. The summed E-state index contributed by atoms with van der Waals surface area (Å²) >= 11 is 0. The van der Waals surface area contributed by atoms with Crippen molar-refractivity contribution in [1.82, 2.24) is 29.5 Å². The summed E-state index contributed by atoms with van der Waals surface area (Å²) in [5.41, 5.74) is -0.467. The predicted octanol–water partition coefficient (Wildman–Crippen LogP) is 4.66. The summed E-state index contributed by atoms with van der Waals surface area (Å²) in [6.45, 7) is 6.85. The van der Waals surface area contributed by atoms with Gasteiger partial charge in [-0.3, -0.25) is 9.20 Å². The number of pyridine rings is 1. The molecule has 0 spiro atoms. The maximum atomic E-state index is 14.2. The first-order chi connectivity index (χ1) is 18.9. The lowest BCUT2D eigenvalue weighted by Gasteiger charge is -2.46. The van der Waals surface area contributed by atoms with Gasteiger partial charge in [0.15, 0.2) is 5.65 Å². The van der Waals surface area contributed by atoms with E-state index >= 15 is 0 Å². The van der Waals surface area contributed by atoms with Crippen LogP contribution >= 0.6 is 0 Å². The maximum Gasteiger partial charge on any atom is 0.419 e. The number of nitrogens with zero attached hydrogens (tertiary/aromatic N) is 5. The van der Waals surface area contributed by atoms with Crippen LogP contribution in [0.5, 0.6) is 0 Å². The average molecular weight is 553 g/mol. The Bertz CT molecular complexity index is 1650. The number of aryl methyl sites for hydroxylation is 1. The van der Waals surface area contributed by atoms with Gasteiger partial charge in [0.1, 0.15) is 12.2 Å². The van der Waals surface area contributed by atoms with Crippen LogP contribution in [0.2, 0.25) is 0 Å². The van der Waals surface area contributed by atoms with Crippen molar-refractivity contribution in [3.8, 4) is 11.1 Å². The number of rotatable bonds is 6. The number of benzene rings is 1. The summed E-state index contributed by atoms with van der Waals surface area (Å²) in [6.07, 6.45) is 1.46. The normalized spacial score (nSPS) is 23.0. The summed E-state index contributed by atoms with van der Waals surface area (Å²) in [5.74, 6) is 1.35. The van der Waals surface area contributed by atoms with Crippen molar-refractivity contribution in [2.24, 2.45) is 13.0 Å². The summed E-state index contributed by atoms with van der Waals surface area (Å²) in [6, 6.07) is 8.22. The maximum absolute atomic E-state index is 14.2. The molecule has 8 nitrogen and oxygen atoms in total. The number of halogens is 3. The molecule has 0 radical (unpaired) electrons. The molecule has 1 aromatic carbocycles. The van der Waals surface area contributed by atoms with Gasteiger partial charge in [0, 0.05) is 25.5 Å². The molecule has 0 bridgehead atoms. The van der Waals surface area contributed by atoms with Crippen molar-refractivity contribution >= 4 is 5.65 Å². The number of fused-ring (bicyclic) bond motifs is 1. The highest BCUT2D eigenvalue weighted by Crippen LogP contribution is 2.51. The lowest BCUT2D eigenvalue weighted by Crippen LogP contribution is -2.58. The number of alkyl halides is 3. The van der Waals surface area contributed by atoms with E-state index in [1.54, 1.807) is 19.3 Å². The molecule has 1 saturated carbocycles. The molecule has 2 aliphatic rings. The number of aromatic nitrogens is 5. The highest BCUT2D eigenvalue weighted by atomic mass is 19.4. The van der Waals surface area contributed by atoms with Crippen molar-refractivity contribution in [3.63, 3.8) is 0 Å². The Labute approximate surface area is 229 Å². The van der Waals surface area contributed by atoms with Crippen molar-refractivity contribution in [3.05, 3.63) is 81.9 Å². The van der Waals surface area contributed by atoms with Crippen LogP contribution in [-0.4, -0.2) is 42.9 Å². The van der Waals surface area contributed by atoms with E-state index in [0.717, 1.165) is 34.7 Å². The molecule has 3 aromatic heterocycles. The fourth-order valence-corrected chi connectivity index (χ4v) is 6.32. The lowest BCUT2D eigenvalue weighted by molar-refractivity contribution is -0.136. The van der Waals surface area contributed by atoms with E-state index in [0.29, 0.717) is 30.3 Å². The minimum Gasteiger partial charge on any atom is -0.377 e. The second-order valence-corrected chi connectivity index (χ2v) is 11.7. The monoisotopic (exact) mass is 552 g/mol. The molecule has 1 aliphatic heterocycles. The van der Waals surface area contributed by atoms with Gasteiger partial charge in [-0.05, 0) is 61.4 Å². The molecule has 210 valence electrons. The molecular formula is C29H31F3N6O2. The van der Waals surface area contributed by atoms with Gasteiger partial charge in [0.05, 0.1) is 35.3 Å². The average Bonchev–Trinajstić information content (AvgIpc) is 3.30. The van der Waals surface area contributed by atoms with Crippen LogP contribution in [0.25, 0.3) is 16.8 Å². The fourth-order valence-electron chi connectivity index (χ4n) is 6.32. The Morgan fingerprint density at radius 2 is 1.95 bits per heavy atom. The molecule has 6 rings (SSSR count). The van der Waals surface area contributed by atoms with Crippen LogP contribution in [0.4, 0.5) is 13.2 Å². The molecule has 4 heterocycles. The van der Waals surface area contributed by atoms with Gasteiger partial charge < -0.3 is 14.6 Å². The van der Waals surface area contributed by atoms with E-state index in [1.165, 1.54) is 12.4 Å². The third kappa shape index (κ3) is 4.32. The second-order valence-electron chi connectivity index (χ2n) is 11.7. The molecule has 0 amide bonds. The minimum absolute atomic E-state index is 0.227. The lowest BCUT2D eigenvalue weighted by atomic mass is 9.58. The zero-order valence-corrected chi connectivity index (χ0v) is 22.8. The third-order valence-electron chi connectivity index (χ3n) is 8.29. The first kappa shape index (κ1) is 26.6. The molecular weight excluding hydrogens is 521 g/mol. The highest BCUT2D eigenvalue weighted by molar-refractivity contribution is 5.66. The molecule has 1 aliphatic carbocycles. The Kier molecular flexibility index (Phi) is 6.15. The predicted molar refractivity (Wildman–Crippen MR) is 143 cm³/mol. The summed E-state index contributed by atoms with van der Waals surface area (Å²) in [5, 5.41) is 11.8. The largest absolute Gasteiger partial charge is 0.419 e. The van der Waals surface area contributed by atoms with E-state index in [-0.39, 0.29) is 16.5 Å². The van der Waals surface area contributed by atoms with Gasteiger partial charge in [-0.15, -0.1) is 10.2 Å². The van der Waals surface area contributed by atoms with E-state index in [9.17, 15) is 18.0 Å². The van der Waals surface area contributed by atoms with Crippen molar-refractivity contribution in [2.75, 3.05) is 13.2 Å². The van der Waals surface area contributed by atoms with Crippen LogP contribution < -0.4 is 10.9 Å². The van der Waals surface area contributed by atoms with Crippen LogP contribution in [0, 0.1) is 5.92 Å². The third-order valence-corrected chi connectivity index (χ3v) is 8.29. The zero-order valence-electron chi connectivity index (χ0n) is 22.8. The molecule has 1 N–H and O–H groups in total. The zero-order chi connectivity index (χ0) is 28.4. The Morgan fingerprint density at radius 1 is 1.20 bits per heavy atom. The first-order valence-corrected chi connectivity index (χ1v) is 13.3. The van der Waals surface area contributed by atoms with Crippen molar-refractivity contribution < 1.29 is 17.9 Å². The smallest absolute Gasteiger partial charge is 0.377 e. The summed E-state index contributed by atoms with van der Waals surface area (Å²) in [7, 11) is 1.91. The number of nitrogens with one attached hydrogen (secondary N) is 1. The molecule has 40 heavy (non-hydrogen) atoms. The van der Waals surface area contributed by atoms with E-state index in [2.05, 4.69) is 27.4 Å². The van der Waals surface area contributed by atoms with Crippen LogP contribution in [-0.2, 0) is 23.4 Å². The van der Waals surface area contributed by atoms with Crippen LogP contribution in [0.3, 0.4) is 0 Å². The molecule has 11 heteroatoms. The fraction of sp³-hybridized carbons (Fsp3) is 0.448. The molecule has 2 fully saturated rings. The number of hydrogen-bond donors (Lipinski definition) is 1. The number of hydrogen-bond acceptors (Lipinski definition) is 6. The molecule has 1 saturated heterocycles. The van der Waals surface area contributed by atoms with Gasteiger partial charge in [-0.1, -0.05) is 25.1 Å². The Balaban J connectivity index is 1.47. The SMILES string of the molecule is CC1CC(c2cccc(-c3cnc4c(C(F)(F)F)cc(C(C)NC5(C)COC5)cn4c3=O)c2)(c2nncn2C)C1. The van der Waals surface area contributed by atoms with E-state index in [1.807, 2.05) is 36.7 Å². The Hall–Kier alpha value is -3.57. The second kappa shape index (κ2) is 9.24. The van der Waals surface area contributed by atoms with Gasteiger partial charge >= 0.3 is 6.18 Å². The van der Waals surface area contributed by atoms with Gasteiger partial charge in [0.25, 0.3) is 5.56 Å². The molecule has 1 atom stereocenters. The minimum atomic E-state index is -4.69. The van der Waals surface area contributed by atoms with Gasteiger partial charge in [-0.25, -0.2) is 4.98 Å². The van der Waals surface area contributed by atoms with Gasteiger partial charge in [0.2, 0.25) is 0 Å². The highest BCUT2D eigenvalue weighted by Gasteiger charge is 2.48. The standard InChI is InChI=1S/C29H31F3N6O2/c1-17-10-28(11-17,26-36-34-16-37(26)4)21-7-5-6-19(8-21)22-12-33-24-23(29(30,31)32)9-20(13-38(24)25(22)39)18(2)35-27(3)14-40-15-27/h5-9,12-13,16-18,35H,10-11,14-15H2,1-4H3. The summed E-state index contributed by atoms with van der Waals surface area (Å²) < 4.78 is 50.7. The van der Waals surface area contributed by atoms with Crippen LogP contribution in [0.15, 0.2) is 53.8 Å². The van der Waals surface area contributed by atoms with E-state index in [4.69, 9.17) is 4.74 Å². The molecule has 1 unspecified atom stereocenters. The van der Waals surface area contributed by atoms with E-state index < -0.39 is 29.0 Å². The number of ether oxygens (including phenoxy) is 1. The quantitative estimate of drug-likeness (QED) is 0.375. The summed E-state index contributed by atoms with van der Waals surface area (Å²) in [4.78, 5) is 18.0. The topological polar surface area (TPSA) is 86.3 Å². The van der Waals surface area contributed by atoms with Crippen LogP contribution in [0.1, 0.15) is 62.2 Å². The van der Waals surface area contributed by atoms with Crippen molar-refractivity contribution in [2.45, 2.75) is 56.8 Å². The first-order valence-electron chi connectivity index (χ1n) is 13.3. The molecule has 4 aromatic rings. The van der Waals surface area contributed by atoms with Gasteiger partial charge in [-0.2, -0.15) is 13.2 Å².